The van der Waals surface area contributed by atoms with Crippen LogP contribution in [0.15, 0.2) is 17.2 Å². The quantitative estimate of drug-likeness (QED) is 0.870. The van der Waals surface area contributed by atoms with Gasteiger partial charge in [0.1, 0.15) is 10.7 Å². The Hall–Kier alpha value is -0.890. The lowest BCUT2D eigenvalue weighted by molar-refractivity contribution is 0.191. The fourth-order valence-corrected chi connectivity index (χ4v) is 4.45. The SMILES string of the molecule is CNc1ncc(S(=O)(=O)N2CCC(C)C2CO)cc1Cl. The number of nitrogens with one attached hydrogen (secondary N) is 1. The molecule has 20 heavy (non-hydrogen) atoms. The van der Waals surface area contributed by atoms with E-state index in [1.54, 1.807) is 7.05 Å². The van der Waals surface area contributed by atoms with Gasteiger partial charge in [-0.2, -0.15) is 4.31 Å². The molecule has 8 heteroatoms. The molecule has 2 atom stereocenters. The van der Waals surface area contributed by atoms with E-state index in [1.165, 1.54) is 16.6 Å². The van der Waals surface area contributed by atoms with Crippen LogP contribution in [0.1, 0.15) is 13.3 Å². The molecule has 112 valence electrons. The topological polar surface area (TPSA) is 82.5 Å². The van der Waals surface area contributed by atoms with Crippen molar-refractivity contribution in [1.29, 1.82) is 0 Å². The molecule has 0 saturated carbocycles. The number of aromatic nitrogens is 1. The van der Waals surface area contributed by atoms with Crippen LogP contribution in [0.5, 0.6) is 0 Å². The highest BCUT2D eigenvalue weighted by molar-refractivity contribution is 7.89. The van der Waals surface area contributed by atoms with Crippen LogP contribution in [0.2, 0.25) is 5.02 Å². The minimum atomic E-state index is -3.68. The highest BCUT2D eigenvalue weighted by Crippen LogP contribution is 2.31. The number of halogens is 1. The van der Waals surface area contributed by atoms with Crippen molar-refractivity contribution >= 4 is 27.4 Å². The zero-order valence-corrected chi connectivity index (χ0v) is 12.9. The van der Waals surface area contributed by atoms with E-state index < -0.39 is 10.0 Å². The summed E-state index contributed by atoms with van der Waals surface area (Å²) in [5.74, 6) is 0.564. The lowest BCUT2D eigenvalue weighted by atomic mass is 10.0. The molecule has 2 N–H and O–H groups in total. The van der Waals surface area contributed by atoms with Crippen LogP contribution < -0.4 is 5.32 Å². The molecular weight excluding hydrogens is 302 g/mol. The van der Waals surface area contributed by atoms with Crippen LogP contribution in [0, 0.1) is 5.92 Å². The number of anilines is 1. The van der Waals surface area contributed by atoms with E-state index in [4.69, 9.17) is 11.6 Å². The van der Waals surface area contributed by atoms with Gasteiger partial charge in [0.15, 0.2) is 0 Å². The van der Waals surface area contributed by atoms with E-state index in [9.17, 15) is 13.5 Å². The molecule has 6 nitrogen and oxygen atoms in total. The van der Waals surface area contributed by atoms with Crippen molar-refractivity contribution in [3.8, 4) is 0 Å². The summed E-state index contributed by atoms with van der Waals surface area (Å²) in [6.45, 7) is 2.15. The molecule has 1 saturated heterocycles. The van der Waals surface area contributed by atoms with Crippen molar-refractivity contribution in [2.45, 2.75) is 24.3 Å². The van der Waals surface area contributed by atoms with Gasteiger partial charge >= 0.3 is 0 Å². The van der Waals surface area contributed by atoms with Crippen LogP contribution in [0.3, 0.4) is 0 Å². The molecule has 2 heterocycles. The van der Waals surface area contributed by atoms with Gasteiger partial charge in [-0.15, -0.1) is 0 Å². The fourth-order valence-electron chi connectivity index (χ4n) is 2.42. The number of hydrogen-bond acceptors (Lipinski definition) is 5. The number of pyridine rings is 1. The van der Waals surface area contributed by atoms with Gasteiger partial charge in [0.25, 0.3) is 0 Å². The summed E-state index contributed by atoms with van der Waals surface area (Å²) in [6.07, 6.45) is 2.02. The zero-order chi connectivity index (χ0) is 14.9. The van der Waals surface area contributed by atoms with Crippen LogP contribution in [0.25, 0.3) is 0 Å². The van der Waals surface area contributed by atoms with Gasteiger partial charge in [-0.25, -0.2) is 13.4 Å². The molecular formula is C12H18ClN3O3S. The molecule has 1 aliphatic rings. The number of hydrogen-bond donors (Lipinski definition) is 2. The van der Waals surface area contributed by atoms with Crippen LogP contribution in [-0.4, -0.2) is 49.1 Å². The van der Waals surface area contributed by atoms with Gasteiger partial charge in [-0.3, -0.25) is 0 Å². The zero-order valence-electron chi connectivity index (χ0n) is 11.4. The molecule has 1 fully saturated rings. The Bertz CT molecular complexity index is 594. The molecule has 0 amide bonds. The molecule has 1 aliphatic heterocycles. The van der Waals surface area contributed by atoms with Gasteiger partial charge in [0, 0.05) is 19.8 Å². The Kier molecular flexibility index (Phi) is 4.53. The lowest BCUT2D eigenvalue weighted by Crippen LogP contribution is -2.39. The molecule has 1 aromatic heterocycles. The summed E-state index contributed by atoms with van der Waals surface area (Å²) < 4.78 is 26.5. The standard InChI is InChI=1S/C12H18ClN3O3S/c1-8-3-4-16(11(8)7-17)20(18,19)9-5-10(13)12(14-2)15-6-9/h5-6,8,11,17H,3-4,7H2,1-2H3,(H,14,15). The summed E-state index contributed by atoms with van der Waals surface area (Å²) in [5, 5.41) is 12.4. The second-order valence-corrected chi connectivity index (χ2v) is 7.18. The molecule has 0 aliphatic carbocycles. The molecule has 1 aromatic rings. The number of aliphatic hydroxyl groups is 1. The monoisotopic (exact) mass is 319 g/mol. The third-order valence-electron chi connectivity index (χ3n) is 3.68. The second kappa shape index (κ2) is 5.85. The first-order chi connectivity index (χ1) is 9.41. The first-order valence-corrected chi connectivity index (χ1v) is 8.19. The molecule has 0 spiro atoms. The van der Waals surface area contributed by atoms with Crippen LogP contribution in [0.4, 0.5) is 5.82 Å². The van der Waals surface area contributed by atoms with Gasteiger partial charge < -0.3 is 10.4 Å². The Balaban J connectivity index is 2.38. The number of nitrogens with zero attached hydrogens (tertiary/aromatic N) is 2. The minimum Gasteiger partial charge on any atom is -0.395 e. The first-order valence-electron chi connectivity index (χ1n) is 6.37. The highest BCUT2D eigenvalue weighted by Gasteiger charge is 2.39. The summed E-state index contributed by atoms with van der Waals surface area (Å²) in [7, 11) is -2.02. The molecule has 0 radical (unpaired) electrons. The van der Waals surface area contributed by atoms with Crippen molar-refractivity contribution in [2.75, 3.05) is 25.5 Å². The number of aliphatic hydroxyl groups excluding tert-OH is 1. The summed E-state index contributed by atoms with van der Waals surface area (Å²) >= 11 is 5.98. The molecule has 2 rings (SSSR count). The Morgan fingerprint density at radius 3 is 2.85 bits per heavy atom. The minimum absolute atomic E-state index is 0.0500. The average Bonchev–Trinajstić information content (AvgIpc) is 2.80. The fraction of sp³-hybridized carbons (Fsp3) is 0.583. The Labute approximate surface area is 123 Å². The summed E-state index contributed by atoms with van der Waals surface area (Å²) in [5.41, 5.74) is 0. The van der Waals surface area contributed by atoms with Gasteiger partial charge in [-0.05, 0) is 18.4 Å². The normalized spacial score (nSPS) is 24.0. The van der Waals surface area contributed by atoms with E-state index in [1.807, 2.05) is 6.92 Å². The molecule has 0 aromatic carbocycles. The van der Waals surface area contributed by atoms with E-state index in [0.29, 0.717) is 12.4 Å². The van der Waals surface area contributed by atoms with Crippen LogP contribution in [-0.2, 0) is 10.0 Å². The third-order valence-corrected chi connectivity index (χ3v) is 5.86. The van der Waals surface area contributed by atoms with Crippen LogP contribution >= 0.6 is 11.6 Å². The predicted octanol–water partition coefficient (Wildman–Crippen LogP) is 1.17. The maximum Gasteiger partial charge on any atom is 0.245 e. The molecule has 0 bridgehead atoms. The second-order valence-electron chi connectivity index (χ2n) is 4.88. The van der Waals surface area contributed by atoms with E-state index >= 15 is 0 Å². The lowest BCUT2D eigenvalue weighted by Gasteiger charge is -2.24. The Morgan fingerprint density at radius 1 is 1.60 bits per heavy atom. The van der Waals surface area contributed by atoms with Crippen molar-refractivity contribution < 1.29 is 13.5 Å². The maximum absolute atomic E-state index is 12.6. The van der Waals surface area contributed by atoms with Gasteiger partial charge in [-0.1, -0.05) is 18.5 Å². The van der Waals surface area contributed by atoms with Gasteiger partial charge in [0.2, 0.25) is 10.0 Å². The van der Waals surface area contributed by atoms with Crippen molar-refractivity contribution in [2.24, 2.45) is 5.92 Å². The third kappa shape index (κ3) is 2.63. The highest BCUT2D eigenvalue weighted by atomic mass is 35.5. The van der Waals surface area contributed by atoms with Crippen molar-refractivity contribution in [3.63, 3.8) is 0 Å². The Morgan fingerprint density at radius 2 is 2.30 bits per heavy atom. The summed E-state index contributed by atoms with van der Waals surface area (Å²) in [6, 6.07) is 0.996. The summed E-state index contributed by atoms with van der Waals surface area (Å²) in [4.78, 5) is 4.04. The molecule has 2 unspecified atom stereocenters. The van der Waals surface area contributed by atoms with E-state index in [0.717, 1.165) is 6.42 Å². The largest absolute Gasteiger partial charge is 0.395 e. The van der Waals surface area contributed by atoms with Gasteiger partial charge in [0.05, 0.1) is 17.7 Å². The first kappa shape index (κ1) is 15.5. The maximum atomic E-state index is 12.6. The predicted molar refractivity (Wildman–Crippen MR) is 77.3 cm³/mol. The van der Waals surface area contributed by atoms with E-state index in [2.05, 4.69) is 10.3 Å². The number of sulfonamides is 1. The van der Waals surface area contributed by atoms with Crippen molar-refractivity contribution in [3.05, 3.63) is 17.3 Å². The average molecular weight is 320 g/mol. The number of rotatable bonds is 4. The smallest absolute Gasteiger partial charge is 0.245 e. The van der Waals surface area contributed by atoms with E-state index in [-0.39, 0.29) is 28.5 Å². The van der Waals surface area contributed by atoms with Crippen molar-refractivity contribution in [1.82, 2.24) is 9.29 Å².